The number of hydrogen-bond donors (Lipinski definition) is 1. The van der Waals surface area contributed by atoms with Crippen LogP contribution in [0.3, 0.4) is 0 Å². The molecule has 94 valence electrons. The molecule has 2 aromatic carbocycles. The molecular formula is C14H11F3O. The molecule has 0 unspecified atom stereocenters. The second kappa shape index (κ2) is 4.82. The first kappa shape index (κ1) is 12.6. The van der Waals surface area contributed by atoms with Crippen molar-refractivity contribution < 1.29 is 18.3 Å². The van der Waals surface area contributed by atoms with Gasteiger partial charge in [0.05, 0.1) is 5.56 Å². The van der Waals surface area contributed by atoms with E-state index in [1.165, 1.54) is 12.1 Å². The molecule has 0 aliphatic carbocycles. The lowest BCUT2D eigenvalue weighted by molar-refractivity contribution is -0.137. The summed E-state index contributed by atoms with van der Waals surface area (Å²) >= 11 is 0. The summed E-state index contributed by atoms with van der Waals surface area (Å²) in [5.41, 5.74) is 0.373. The molecular weight excluding hydrogens is 241 g/mol. The molecule has 4 heteroatoms. The van der Waals surface area contributed by atoms with Crippen molar-refractivity contribution in [1.82, 2.24) is 0 Å². The fourth-order valence-electron chi connectivity index (χ4n) is 1.68. The van der Waals surface area contributed by atoms with Crippen LogP contribution in [0.4, 0.5) is 13.2 Å². The summed E-state index contributed by atoms with van der Waals surface area (Å²) in [6, 6.07) is 13.3. The number of benzene rings is 2. The number of halogens is 3. The van der Waals surface area contributed by atoms with Crippen LogP contribution < -0.4 is 0 Å². The van der Waals surface area contributed by atoms with Crippen molar-refractivity contribution in [2.24, 2.45) is 0 Å². The smallest absolute Gasteiger partial charge is 0.384 e. The average molecular weight is 252 g/mol. The summed E-state index contributed by atoms with van der Waals surface area (Å²) in [5.74, 6) is 0. The SMILES string of the molecule is O[C@H](c1ccccc1)c1ccc(C(F)(F)F)cc1. The second-order valence-corrected chi connectivity index (χ2v) is 3.93. The lowest BCUT2D eigenvalue weighted by atomic mass is 10.0. The minimum Gasteiger partial charge on any atom is -0.384 e. The highest BCUT2D eigenvalue weighted by molar-refractivity contribution is 5.32. The minimum atomic E-state index is -4.35. The van der Waals surface area contributed by atoms with Crippen LogP contribution in [0.1, 0.15) is 22.8 Å². The van der Waals surface area contributed by atoms with Gasteiger partial charge in [-0.25, -0.2) is 0 Å². The van der Waals surface area contributed by atoms with Gasteiger partial charge in [-0.15, -0.1) is 0 Å². The van der Waals surface area contributed by atoms with E-state index in [0.29, 0.717) is 11.1 Å². The highest BCUT2D eigenvalue weighted by Gasteiger charge is 2.30. The molecule has 1 atom stereocenters. The Morgan fingerprint density at radius 3 is 1.78 bits per heavy atom. The number of alkyl halides is 3. The molecule has 0 spiro atoms. The van der Waals surface area contributed by atoms with E-state index in [0.717, 1.165) is 12.1 Å². The van der Waals surface area contributed by atoms with Crippen LogP contribution in [-0.2, 0) is 6.18 Å². The van der Waals surface area contributed by atoms with Crippen molar-refractivity contribution in [2.75, 3.05) is 0 Å². The van der Waals surface area contributed by atoms with Crippen molar-refractivity contribution >= 4 is 0 Å². The van der Waals surface area contributed by atoms with Crippen LogP contribution in [-0.4, -0.2) is 5.11 Å². The van der Waals surface area contributed by atoms with Gasteiger partial charge in [0.15, 0.2) is 0 Å². The van der Waals surface area contributed by atoms with Gasteiger partial charge in [0.2, 0.25) is 0 Å². The Hall–Kier alpha value is -1.81. The zero-order valence-electron chi connectivity index (χ0n) is 9.35. The zero-order chi connectivity index (χ0) is 13.2. The van der Waals surface area contributed by atoms with Gasteiger partial charge in [-0.3, -0.25) is 0 Å². The van der Waals surface area contributed by atoms with Gasteiger partial charge in [-0.05, 0) is 23.3 Å². The molecule has 0 aliphatic rings. The largest absolute Gasteiger partial charge is 0.416 e. The molecule has 0 heterocycles. The maximum atomic E-state index is 12.4. The van der Waals surface area contributed by atoms with E-state index in [4.69, 9.17) is 0 Å². The molecule has 0 aromatic heterocycles. The second-order valence-electron chi connectivity index (χ2n) is 3.93. The van der Waals surface area contributed by atoms with E-state index in [-0.39, 0.29) is 0 Å². The molecule has 1 nitrogen and oxygen atoms in total. The highest BCUT2D eigenvalue weighted by Crippen LogP contribution is 2.30. The fraction of sp³-hybridized carbons (Fsp3) is 0.143. The minimum absolute atomic E-state index is 0.439. The van der Waals surface area contributed by atoms with Crippen molar-refractivity contribution in [2.45, 2.75) is 12.3 Å². The first-order valence-electron chi connectivity index (χ1n) is 5.38. The van der Waals surface area contributed by atoms with Crippen molar-refractivity contribution in [3.63, 3.8) is 0 Å². The van der Waals surface area contributed by atoms with Crippen LogP contribution in [0, 0.1) is 0 Å². The Bertz CT molecular complexity index is 503. The maximum Gasteiger partial charge on any atom is 0.416 e. The molecule has 0 saturated carbocycles. The van der Waals surface area contributed by atoms with Gasteiger partial charge >= 0.3 is 6.18 Å². The predicted molar refractivity (Wildman–Crippen MR) is 61.9 cm³/mol. The normalized spacial score (nSPS) is 13.3. The van der Waals surface area contributed by atoms with Gasteiger partial charge in [0.1, 0.15) is 6.10 Å². The summed E-state index contributed by atoms with van der Waals surface area (Å²) in [6.45, 7) is 0. The third-order valence-corrected chi connectivity index (χ3v) is 2.67. The van der Waals surface area contributed by atoms with Gasteiger partial charge in [-0.2, -0.15) is 13.2 Å². The molecule has 0 fully saturated rings. The monoisotopic (exact) mass is 252 g/mol. The Kier molecular flexibility index (Phi) is 3.39. The summed E-state index contributed by atoms with van der Waals surface area (Å²) in [7, 11) is 0. The van der Waals surface area contributed by atoms with Crippen LogP contribution in [0.25, 0.3) is 0 Å². The Labute approximate surface area is 103 Å². The van der Waals surface area contributed by atoms with E-state index in [1.807, 2.05) is 6.07 Å². The summed E-state index contributed by atoms with van der Waals surface area (Å²) in [5, 5.41) is 10.0. The van der Waals surface area contributed by atoms with Gasteiger partial charge in [0.25, 0.3) is 0 Å². The van der Waals surface area contributed by atoms with Gasteiger partial charge < -0.3 is 5.11 Å². The summed E-state index contributed by atoms with van der Waals surface area (Å²) in [4.78, 5) is 0. The van der Waals surface area contributed by atoms with E-state index < -0.39 is 17.8 Å². The van der Waals surface area contributed by atoms with E-state index in [9.17, 15) is 18.3 Å². The lowest BCUT2D eigenvalue weighted by Crippen LogP contribution is -2.06. The standard InChI is InChI=1S/C14H11F3O/c15-14(16,17)12-8-6-11(7-9-12)13(18)10-4-2-1-3-5-10/h1-9,13,18H/t13-/m1/s1. The first-order valence-corrected chi connectivity index (χ1v) is 5.38. The van der Waals surface area contributed by atoms with Crippen LogP contribution in [0.5, 0.6) is 0 Å². The number of aliphatic hydroxyl groups is 1. The third-order valence-electron chi connectivity index (χ3n) is 2.67. The van der Waals surface area contributed by atoms with Gasteiger partial charge in [-0.1, -0.05) is 42.5 Å². The fourth-order valence-corrected chi connectivity index (χ4v) is 1.68. The Balaban J connectivity index is 2.25. The molecule has 2 aromatic rings. The van der Waals surface area contributed by atoms with Crippen molar-refractivity contribution in [1.29, 1.82) is 0 Å². The van der Waals surface area contributed by atoms with Crippen LogP contribution in [0.15, 0.2) is 54.6 Å². The van der Waals surface area contributed by atoms with E-state index >= 15 is 0 Å². The summed E-state index contributed by atoms with van der Waals surface area (Å²) in [6.07, 6.45) is -5.26. The maximum absolute atomic E-state index is 12.4. The number of aliphatic hydroxyl groups excluding tert-OH is 1. The molecule has 1 N–H and O–H groups in total. The Morgan fingerprint density at radius 2 is 1.28 bits per heavy atom. The number of rotatable bonds is 2. The lowest BCUT2D eigenvalue weighted by Gasteiger charge is -2.13. The number of hydrogen-bond acceptors (Lipinski definition) is 1. The molecule has 0 radical (unpaired) electrons. The first-order chi connectivity index (χ1) is 8.48. The average Bonchev–Trinajstić information content (AvgIpc) is 2.38. The molecule has 0 saturated heterocycles. The summed E-state index contributed by atoms with van der Waals surface area (Å²) < 4.78 is 37.1. The van der Waals surface area contributed by atoms with Crippen molar-refractivity contribution in [3.8, 4) is 0 Å². The molecule has 0 aliphatic heterocycles. The third kappa shape index (κ3) is 2.71. The van der Waals surface area contributed by atoms with Crippen LogP contribution in [0.2, 0.25) is 0 Å². The topological polar surface area (TPSA) is 20.2 Å². The zero-order valence-corrected chi connectivity index (χ0v) is 9.35. The predicted octanol–water partition coefficient (Wildman–Crippen LogP) is 3.79. The van der Waals surface area contributed by atoms with E-state index in [2.05, 4.69) is 0 Å². The quantitative estimate of drug-likeness (QED) is 0.862. The Morgan fingerprint density at radius 1 is 0.778 bits per heavy atom. The van der Waals surface area contributed by atoms with Crippen LogP contribution >= 0.6 is 0 Å². The molecule has 2 rings (SSSR count). The molecule has 18 heavy (non-hydrogen) atoms. The van der Waals surface area contributed by atoms with Gasteiger partial charge in [0, 0.05) is 0 Å². The van der Waals surface area contributed by atoms with Crippen molar-refractivity contribution in [3.05, 3.63) is 71.3 Å². The molecule has 0 bridgehead atoms. The highest BCUT2D eigenvalue weighted by atomic mass is 19.4. The van der Waals surface area contributed by atoms with E-state index in [1.54, 1.807) is 24.3 Å². The molecule has 0 amide bonds.